The Bertz CT molecular complexity index is 1320. The van der Waals surface area contributed by atoms with E-state index in [1.54, 1.807) is 0 Å². The second-order valence-corrected chi connectivity index (χ2v) is 10.4. The first kappa shape index (κ1) is 17.5. The highest BCUT2D eigenvalue weighted by molar-refractivity contribution is 5.80. The van der Waals surface area contributed by atoms with E-state index in [1.165, 1.54) is 67.3 Å². The summed E-state index contributed by atoms with van der Waals surface area (Å²) in [6.07, 6.45) is 0. The van der Waals surface area contributed by atoms with Gasteiger partial charge in [0.1, 0.15) is 0 Å². The minimum atomic E-state index is 0.970. The van der Waals surface area contributed by atoms with E-state index < -0.39 is 0 Å². The molecule has 0 amide bonds. The molecule has 34 heavy (non-hydrogen) atoms. The molecular formula is C30H24N4. The summed E-state index contributed by atoms with van der Waals surface area (Å²) >= 11 is 0. The van der Waals surface area contributed by atoms with Crippen molar-refractivity contribution in [2.45, 2.75) is 26.2 Å². The third kappa shape index (κ3) is 2.23. The average molecular weight is 441 g/mol. The maximum absolute atomic E-state index is 2.54. The molecule has 18 rings (SSSR count). The molecule has 164 valence electrons. The van der Waals surface area contributed by atoms with Gasteiger partial charge in [-0.05, 0) is 93.0 Å². The summed E-state index contributed by atoms with van der Waals surface area (Å²) in [6, 6.07) is 28.4. The van der Waals surface area contributed by atoms with E-state index in [0.717, 1.165) is 39.5 Å². The van der Waals surface area contributed by atoms with E-state index in [4.69, 9.17) is 0 Å². The summed E-state index contributed by atoms with van der Waals surface area (Å²) in [5.41, 5.74) is 16.6. The molecule has 0 fully saturated rings. The van der Waals surface area contributed by atoms with Crippen molar-refractivity contribution in [3.63, 3.8) is 0 Å². The molecule has 0 N–H and O–H groups in total. The van der Waals surface area contributed by atoms with Crippen LogP contribution in [-0.2, 0) is 26.2 Å². The predicted molar refractivity (Wildman–Crippen MR) is 138 cm³/mol. The monoisotopic (exact) mass is 440 g/mol. The van der Waals surface area contributed by atoms with Gasteiger partial charge in [-0.3, -0.25) is 0 Å². The van der Waals surface area contributed by atoms with Gasteiger partial charge in [0.15, 0.2) is 0 Å². The molecule has 0 saturated heterocycles. The van der Waals surface area contributed by atoms with Crippen molar-refractivity contribution in [2.24, 2.45) is 0 Å². The Labute approximate surface area is 199 Å². The van der Waals surface area contributed by atoms with Crippen molar-refractivity contribution in [1.29, 1.82) is 0 Å². The second kappa shape index (κ2) is 5.95. The number of hydrogen-bond acceptors (Lipinski definition) is 4. The fourth-order valence-electron chi connectivity index (χ4n) is 6.88. The van der Waals surface area contributed by atoms with E-state index in [1.807, 2.05) is 0 Å². The maximum atomic E-state index is 2.54. The second-order valence-electron chi connectivity index (χ2n) is 10.4. The van der Waals surface area contributed by atoms with Crippen LogP contribution in [0.3, 0.4) is 0 Å². The molecule has 16 bridgehead atoms. The van der Waals surface area contributed by atoms with Crippen molar-refractivity contribution in [3.05, 3.63) is 95.1 Å². The number of benzene rings is 4. The summed E-state index contributed by atoms with van der Waals surface area (Å²) in [4.78, 5) is 10.2. The molecule has 0 spiro atoms. The fraction of sp³-hybridized carbons (Fsp3) is 0.200. The van der Waals surface area contributed by atoms with Gasteiger partial charge < -0.3 is 19.6 Å². The van der Waals surface area contributed by atoms with Gasteiger partial charge >= 0.3 is 0 Å². The van der Waals surface area contributed by atoms with E-state index in [2.05, 4.69) is 92.4 Å². The molecule has 4 aromatic carbocycles. The van der Waals surface area contributed by atoms with Gasteiger partial charge in [-0.25, -0.2) is 0 Å². The first-order chi connectivity index (χ1) is 16.8. The quantitative estimate of drug-likeness (QED) is 0.336. The standard InChI is InChI=1S/C30H24N4/c1-5-27-23-9-19(1)20-2-6-28-24(10-20)15-33-18-34(28)16-26-12-22(4-8-30(26)33)21-3-7-29-25(11-21)14-31(27)17-32(29)13-23/h1-12H,13-18H2. The topological polar surface area (TPSA) is 13.0 Å². The van der Waals surface area contributed by atoms with Crippen LogP contribution in [0, 0.1) is 0 Å². The molecule has 4 heteroatoms. The number of hydrogen-bond donors (Lipinski definition) is 0. The lowest BCUT2D eigenvalue weighted by Crippen LogP contribution is -2.46. The molecule has 14 aliphatic heterocycles. The molecule has 0 atom stereocenters. The Kier molecular flexibility index (Phi) is 3.07. The number of anilines is 4. The van der Waals surface area contributed by atoms with Crippen LogP contribution in [0.1, 0.15) is 22.3 Å². The SMILES string of the molecule is c1cc2c3cc1-c1ccc4c(c1)CN1CN4Cc4cc(ccc41)-c1ccc4c(c1)CN2CN4C3. The van der Waals surface area contributed by atoms with Crippen molar-refractivity contribution >= 4 is 22.7 Å². The van der Waals surface area contributed by atoms with Crippen molar-refractivity contribution in [2.75, 3.05) is 32.9 Å². The van der Waals surface area contributed by atoms with Crippen molar-refractivity contribution in [3.8, 4) is 22.3 Å². The molecule has 0 radical (unpaired) electrons. The molecule has 0 aliphatic carbocycles. The van der Waals surface area contributed by atoms with Crippen molar-refractivity contribution in [1.82, 2.24) is 0 Å². The van der Waals surface area contributed by atoms with E-state index in [-0.39, 0.29) is 0 Å². The minimum Gasteiger partial charge on any atom is -0.349 e. The zero-order valence-electron chi connectivity index (χ0n) is 19.0. The Morgan fingerprint density at radius 1 is 0.353 bits per heavy atom. The highest BCUT2D eigenvalue weighted by Gasteiger charge is 2.32. The van der Waals surface area contributed by atoms with Crippen LogP contribution in [0.25, 0.3) is 22.3 Å². The Morgan fingerprint density at radius 3 is 0.882 bits per heavy atom. The van der Waals surface area contributed by atoms with Crippen LogP contribution in [0.2, 0.25) is 0 Å². The van der Waals surface area contributed by atoms with Crippen LogP contribution in [0.15, 0.2) is 72.8 Å². The molecule has 0 aromatic heterocycles. The van der Waals surface area contributed by atoms with Crippen molar-refractivity contribution < 1.29 is 0 Å². The molecule has 14 heterocycles. The Balaban J connectivity index is 1.33. The van der Waals surface area contributed by atoms with Gasteiger partial charge in [-0.1, -0.05) is 24.3 Å². The summed E-state index contributed by atoms with van der Waals surface area (Å²) < 4.78 is 0. The highest BCUT2D eigenvalue weighted by Crippen LogP contribution is 2.44. The molecule has 14 aliphatic rings. The minimum absolute atomic E-state index is 0.970. The summed E-state index contributed by atoms with van der Waals surface area (Å²) in [6.45, 7) is 5.83. The lowest BCUT2D eigenvalue weighted by atomic mass is 9.92. The lowest BCUT2D eigenvalue weighted by Gasteiger charge is -2.45. The van der Waals surface area contributed by atoms with Crippen LogP contribution < -0.4 is 19.6 Å². The van der Waals surface area contributed by atoms with E-state index in [0.29, 0.717) is 0 Å². The van der Waals surface area contributed by atoms with E-state index in [9.17, 15) is 0 Å². The predicted octanol–water partition coefficient (Wildman–Crippen LogP) is 5.93. The first-order valence-corrected chi connectivity index (χ1v) is 12.3. The summed E-state index contributed by atoms with van der Waals surface area (Å²) in [5.74, 6) is 0. The van der Waals surface area contributed by atoms with Gasteiger partial charge in [0, 0.05) is 48.9 Å². The summed E-state index contributed by atoms with van der Waals surface area (Å²) in [7, 11) is 0. The van der Waals surface area contributed by atoms with Gasteiger partial charge in [-0.2, -0.15) is 0 Å². The number of nitrogens with zero attached hydrogens (tertiary/aromatic N) is 4. The fourth-order valence-corrected chi connectivity index (χ4v) is 6.88. The van der Waals surface area contributed by atoms with Crippen LogP contribution in [-0.4, -0.2) is 13.3 Å². The van der Waals surface area contributed by atoms with E-state index >= 15 is 0 Å². The van der Waals surface area contributed by atoms with Crippen LogP contribution in [0.4, 0.5) is 22.7 Å². The van der Waals surface area contributed by atoms with Gasteiger partial charge in [0.25, 0.3) is 0 Å². The number of rotatable bonds is 0. The molecule has 0 saturated carbocycles. The smallest absolute Gasteiger partial charge is 0.0910 e. The van der Waals surface area contributed by atoms with Gasteiger partial charge in [0.2, 0.25) is 0 Å². The van der Waals surface area contributed by atoms with Crippen LogP contribution in [0.5, 0.6) is 0 Å². The third-order valence-corrected chi connectivity index (χ3v) is 8.48. The average Bonchev–Trinajstić information content (AvgIpc) is 2.87. The Morgan fingerprint density at radius 2 is 0.618 bits per heavy atom. The summed E-state index contributed by atoms with van der Waals surface area (Å²) in [5, 5.41) is 0. The molecule has 4 nitrogen and oxygen atoms in total. The Hall–Kier alpha value is -3.92. The molecule has 0 unspecified atom stereocenters. The normalized spacial score (nSPS) is 17.6. The van der Waals surface area contributed by atoms with Gasteiger partial charge in [-0.15, -0.1) is 0 Å². The zero-order chi connectivity index (χ0) is 22.0. The zero-order valence-corrected chi connectivity index (χ0v) is 19.0. The van der Waals surface area contributed by atoms with Gasteiger partial charge in [0.05, 0.1) is 13.3 Å². The lowest BCUT2D eigenvalue weighted by molar-refractivity contribution is 0.650. The van der Waals surface area contributed by atoms with Crippen LogP contribution >= 0.6 is 0 Å². The maximum Gasteiger partial charge on any atom is 0.0910 e. The first-order valence-electron chi connectivity index (χ1n) is 12.3. The molecule has 4 aromatic rings. The third-order valence-electron chi connectivity index (χ3n) is 8.48. The highest BCUT2D eigenvalue weighted by atomic mass is 15.4. The molecular weight excluding hydrogens is 416 g/mol. The largest absolute Gasteiger partial charge is 0.349 e.